The molecule has 2 aliphatic rings. The maximum atomic E-state index is 13.1. The van der Waals surface area contributed by atoms with Crippen LogP contribution in [0.3, 0.4) is 0 Å². The highest BCUT2D eigenvalue weighted by molar-refractivity contribution is 6.01. The zero-order chi connectivity index (χ0) is 26.0. The van der Waals surface area contributed by atoms with E-state index < -0.39 is 11.6 Å². The van der Waals surface area contributed by atoms with Gasteiger partial charge in [-0.25, -0.2) is 4.79 Å². The smallest absolute Gasteiger partial charge is 0.340 e. The largest absolute Gasteiger partial charge is 0.508 e. The minimum Gasteiger partial charge on any atom is -0.508 e. The molecule has 2 aliphatic heterocycles. The third-order valence-electron chi connectivity index (χ3n) is 7.35. The zero-order valence-corrected chi connectivity index (χ0v) is 21.1. The highest BCUT2D eigenvalue weighted by atomic mass is 16.6. The van der Waals surface area contributed by atoms with Gasteiger partial charge in [-0.2, -0.15) is 0 Å². The lowest BCUT2D eigenvalue weighted by molar-refractivity contribution is 0.0224. The first-order valence-corrected chi connectivity index (χ1v) is 13.2. The number of fused-ring (bicyclic) bond motifs is 6. The molecule has 0 bridgehead atoms. The Morgan fingerprint density at radius 1 is 0.757 bits per heavy atom. The molecule has 0 radical (unpaired) electrons. The summed E-state index contributed by atoms with van der Waals surface area (Å²) in [5.41, 5.74) is 1.20. The normalized spacial score (nSPS) is 14.5. The summed E-state index contributed by atoms with van der Waals surface area (Å²) >= 11 is 0. The van der Waals surface area contributed by atoms with E-state index >= 15 is 0 Å². The monoisotopic (exact) mass is 500 g/mol. The van der Waals surface area contributed by atoms with Crippen LogP contribution in [0.15, 0.2) is 54.6 Å². The van der Waals surface area contributed by atoms with Crippen molar-refractivity contribution in [3.05, 3.63) is 82.4 Å². The van der Waals surface area contributed by atoms with Crippen LogP contribution in [-0.2, 0) is 10.3 Å². The molecule has 37 heavy (non-hydrogen) atoms. The fourth-order valence-electron chi connectivity index (χ4n) is 5.44. The number of carbonyl (C=O) groups excluding carboxylic acids is 2. The van der Waals surface area contributed by atoms with Crippen molar-refractivity contribution in [3.8, 4) is 23.0 Å². The molecule has 6 nitrogen and oxygen atoms in total. The van der Waals surface area contributed by atoms with Gasteiger partial charge in [-0.15, -0.1) is 0 Å². The van der Waals surface area contributed by atoms with Crippen LogP contribution in [0.5, 0.6) is 23.0 Å². The topological polar surface area (TPSA) is 93.1 Å². The number of esters is 1. The van der Waals surface area contributed by atoms with Crippen LogP contribution in [0.25, 0.3) is 0 Å². The van der Waals surface area contributed by atoms with Crippen molar-refractivity contribution in [1.29, 1.82) is 0 Å². The maximum Gasteiger partial charge on any atom is 0.340 e. The predicted molar refractivity (Wildman–Crippen MR) is 140 cm³/mol. The molecule has 0 aromatic heterocycles. The van der Waals surface area contributed by atoms with Crippen LogP contribution in [-0.4, -0.2) is 22.0 Å². The van der Waals surface area contributed by atoms with E-state index in [2.05, 4.69) is 6.92 Å². The first-order valence-electron chi connectivity index (χ1n) is 13.2. The van der Waals surface area contributed by atoms with Gasteiger partial charge in [-0.1, -0.05) is 57.9 Å². The van der Waals surface area contributed by atoms with E-state index in [0.717, 1.165) is 19.3 Å². The second kappa shape index (κ2) is 10.3. The molecule has 0 amide bonds. The second-order valence-electron chi connectivity index (χ2n) is 9.94. The molecule has 0 saturated carbocycles. The molecule has 6 heteroatoms. The predicted octanol–water partition coefficient (Wildman–Crippen LogP) is 7.38. The van der Waals surface area contributed by atoms with Crippen LogP contribution in [0.4, 0.5) is 0 Å². The molecule has 1 spiro atoms. The number of phenols is 2. The van der Waals surface area contributed by atoms with Crippen molar-refractivity contribution in [2.75, 3.05) is 0 Å². The summed E-state index contributed by atoms with van der Waals surface area (Å²) in [6.07, 6.45) is 9.72. The van der Waals surface area contributed by atoms with Crippen molar-refractivity contribution < 1.29 is 29.3 Å². The number of hydrogen-bond acceptors (Lipinski definition) is 6. The molecule has 5 rings (SSSR count). The van der Waals surface area contributed by atoms with Crippen LogP contribution in [0, 0.1) is 0 Å². The Balaban J connectivity index is 1.44. The van der Waals surface area contributed by atoms with Crippen molar-refractivity contribution in [2.45, 2.75) is 70.3 Å². The molecular formula is C31H32O6. The number of rotatable bonds is 10. The Morgan fingerprint density at radius 3 is 1.97 bits per heavy atom. The summed E-state index contributed by atoms with van der Waals surface area (Å²) in [6, 6.07) is 14.4. The summed E-state index contributed by atoms with van der Waals surface area (Å²) in [5, 5.41) is 20.2. The van der Waals surface area contributed by atoms with E-state index in [0.29, 0.717) is 45.7 Å². The Hall–Kier alpha value is -3.80. The molecule has 0 unspecified atom stereocenters. The minimum atomic E-state index is -1.36. The molecule has 2 N–H and O–H groups in total. The molecule has 0 fully saturated rings. The molecule has 0 atom stereocenters. The Kier molecular flexibility index (Phi) is 6.92. The van der Waals surface area contributed by atoms with Crippen molar-refractivity contribution in [1.82, 2.24) is 0 Å². The molecular weight excluding hydrogens is 468 g/mol. The van der Waals surface area contributed by atoms with Gasteiger partial charge in [-0.3, -0.25) is 4.79 Å². The van der Waals surface area contributed by atoms with E-state index in [-0.39, 0.29) is 17.3 Å². The number of ketones is 1. The molecule has 0 saturated heterocycles. The molecule has 192 valence electrons. The van der Waals surface area contributed by atoms with Gasteiger partial charge in [-0.05, 0) is 42.8 Å². The lowest BCUT2D eigenvalue weighted by Crippen LogP contribution is -2.33. The standard InChI is InChI=1S/C31H32O6/c1-2-3-4-5-6-7-8-9-10-27(34)20-11-14-23-26(17-20)31(37-30(23)35)24-15-12-21(32)18-28(24)36-29-19-22(33)13-16-25(29)31/h11-19,32-33H,2-10H2,1H3. The van der Waals surface area contributed by atoms with Gasteiger partial charge < -0.3 is 19.7 Å². The highest BCUT2D eigenvalue weighted by Gasteiger charge is 2.53. The first kappa shape index (κ1) is 24.9. The summed E-state index contributed by atoms with van der Waals surface area (Å²) in [5.74, 6) is 0.153. The SMILES string of the molecule is CCCCCCCCCCC(=O)c1ccc2c(c1)C1(OC2=O)c2ccc(O)cc2Oc2cc(O)ccc21. The third kappa shape index (κ3) is 4.57. The summed E-state index contributed by atoms with van der Waals surface area (Å²) < 4.78 is 12.1. The van der Waals surface area contributed by atoms with Gasteiger partial charge in [0.15, 0.2) is 11.4 Å². The number of phenolic OH excluding ortho intramolecular Hbond substituents is 2. The lowest BCUT2D eigenvalue weighted by Gasteiger charge is -2.36. The van der Waals surface area contributed by atoms with E-state index in [4.69, 9.17) is 9.47 Å². The third-order valence-corrected chi connectivity index (χ3v) is 7.35. The molecule has 2 heterocycles. The quantitative estimate of drug-likeness (QED) is 0.171. The van der Waals surface area contributed by atoms with E-state index in [1.807, 2.05) is 0 Å². The highest BCUT2D eigenvalue weighted by Crippen LogP contribution is 2.57. The molecule has 3 aromatic carbocycles. The molecule has 3 aromatic rings. The van der Waals surface area contributed by atoms with Gasteiger partial charge in [0.25, 0.3) is 0 Å². The number of hydrogen-bond donors (Lipinski definition) is 2. The van der Waals surface area contributed by atoms with Gasteiger partial charge in [0.2, 0.25) is 0 Å². The number of Topliss-reactive ketones (excluding diaryl/α,β-unsaturated/α-hetero) is 1. The summed E-state index contributed by atoms with van der Waals surface area (Å²) in [4.78, 5) is 26.2. The average molecular weight is 501 g/mol. The summed E-state index contributed by atoms with van der Waals surface area (Å²) in [7, 11) is 0. The van der Waals surface area contributed by atoms with E-state index in [9.17, 15) is 19.8 Å². The minimum absolute atomic E-state index is 0.00339. The second-order valence-corrected chi connectivity index (χ2v) is 9.94. The Labute approximate surface area is 216 Å². The lowest BCUT2D eigenvalue weighted by atomic mass is 9.77. The van der Waals surface area contributed by atoms with Crippen LogP contribution >= 0.6 is 0 Å². The van der Waals surface area contributed by atoms with Crippen LogP contribution in [0.2, 0.25) is 0 Å². The molecule has 0 aliphatic carbocycles. The first-order chi connectivity index (χ1) is 17.9. The Bertz CT molecular complexity index is 1290. The van der Waals surface area contributed by atoms with Gasteiger partial charge in [0, 0.05) is 40.8 Å². The number of aromatic hydroxyl groups is 2. The van der Waals surface area contributed by atoms with E-state index in [1.165, 1.54) is 56.4 Å². The number of benzene rings is 3. The van der Waals surface area contributed by atoms with Crippen LogP contribution < -0.4 is 4.74 Å². The van der Waals surface area contributed by atoms with Gasteiger partial charge >= 0.3 is 5.97 Å². The zero-order valence-electron chi connectivity index (χ0n) is 21.1. The maximum absolute atomic E-state index is 13.1. The van der Waals surface area contributed by atoms with Crippen molar-refractivity contribution >= 4 is 11.8 Å². The van der Waals surface area contributed by atoms with Crippen molar-refractivity contribution in [2.24, 2.45) is 0 Å². The fraction of sp³-hybridized carbons (Fsp3) is 0.355. The number of carbonyl (C=O) groups is 2. The van der Waals surface area contributed by atoms with E-state index in [1.54, 1.807) is 30.3 Å². The number of ether oxygens (including phenoxy) is 2. The van der Waals surface area contributed by atoms with Crippen molar-refractivity contribution in [3.63, 3.8) is 0 Å². The summed E-state index contributed by atoms with van der Waals surface area (Å²) in [6.45, 7) is 2.21. The Morgan fingerprint density at radius 2 is 1.35 bits per heavy atom. The fourth-order valence-corrected chi connectivity index (χ4v) is 5.44. The number of unbranched alkanes of at least 4 members (excludes halogenated alkanes) is 7. The average Bonchev–Trinajstić information content (AvgIpc) is 3.17. The van der Waals surface area contributed by atoms with Gasteiger partial charge in [0.05, 0.1) is 5.56 Å². The van der Waals surface area contributed by atoms with Gasteiger partial charge in [0.1, 0.15) is 23.0 Å². The van der Waals surface area contributed by atoms with Crippen LogP contribution in [0.1, 0.15) is 102 Å².